The minimum Gasteiger partial charge on any atom is -0.335 e. The molecule has 3 amide bonds. The van der Waals surface area contributed by atoms with Crippen LogP contribution in [-0.4, -0.2) is 32.7 Å². The van der Waals surface area contributed by atoms with Gasteiger partial charge in [-0.3, -0.25) is 24.9 Å². The third-order valence-corrected chi connectivity index (χ3v) is 3.76. The van der Waals surface area contributed by atoms with Crippen LogP contribution >= 0.6 is 0 Å². The van der Waals surface area contributed by atoms with E-state index in [2.05, 4.69) is 15.7 Å². The number of aromatic nitrogens is 2. The molecule has 0 unspecified atom stereocenters. The summed E-state index contributed by atoms with van der Waals surface area (Å²) in [5.41, 5.74) is 0.419. The van der Waals surface area contributed by atoms with Crippen molar-refractivity contribution in [2.24, 2.45) is 0 Å². The molecule has 0 aliphatic heterocycles. The molecule has 9 heteroatoms. The highest BCUT2D eigenvalue weighted by Gasteiger charge is 2.23. The molecule has 1 aromatic rings. The second-order valence-electron chi connectivity index (χ2n) is 5.44. The summed E-state index contributed by atoms with van der Waals surface area (Å²) in [6.07, 6.45) is 4.00. The van der Waals surface area contributed by atoms with E-state index in [1.165, 1.54) is 18.5 Å². The maximum Gasteiger partial charge on any atom is 0.321 e. The van der Waals surface area contributed by atoms with Crippen LogP contribution in [0, 0.1) is 24.0 Å². The predicted molar refractivity (Wildman–Crippen MR) is 77.3 cm³/mol. The first-order valence-electron chi connectivity index (χ1n) is 7.17. The van der Waals surface area contributed by atoms with Gasteiger partial charge in [0, 0.05) is 6.04 Å². The Morgan fingerprint density at radius 2 is 2.00 bits per heavy atom. The van der Waals surface area contributed by atoms with Crippen LogP contribution in [0.3, 0.4) is 0 Å². The highest BCUT2D eigenvalue weighted by molar-refractivity contribution is 5.94. The number of nitro groups is 1. The molecule has 0 bridgehead atoms. The SMILES string of the molecule is Cc1nn(CC(=O)NC(=O)NC2CCCC2)c(C)c1[N+](=O)[O-]. The second kappa shape index (κ2) is 6.54. The van der Waals surface area contributed by atoms with E-state index in [0.717, 1.165) is 25.7 Å². The Kier molecular flexibility index (Phi) is 4.74. The lowest BCUT2D eigenvalue weighted by molar-refractivity contribution is -0.386. The number of hydrogen-bond donors (Lipinski definition) is 2. The summed E-state index contributed by atoms with van der Waals surface area (Å²) in [6.45, 7) is 2.79. The maximum absolute atomic E-state index is 11.8. The molecule has 1 aromatic heterocycles. The lowest BCUT2D eigenvalue weighted by Crippen LogP contribution is -2.44. The molecule has 1 aliphatic carbocycles. The van der Waals surface area contributed by atoms with Crippen molar-refractivity contribution in [3.8, 4) is 0 Å². The molecule has 9 nitrogen and oxygen atoms in total. The highest BCUT2D eigenvalue weighted by Crippen LogP contribution is 2.21. The lowest BCUT2D eigenvalue weighted by Gasteiger charge is -2.12. The summed E-state index contributed by atoms with van der Waals surface area (Å²) in [6, 6.07) is -0.421. The Hall–Kier alpha value is -2.45. The van der Waals surface area contributed by atoms with Gasteiger partial charge in [0.1, 0.15) is 17.9 Å². The van der Waals surface area contributed by atoms with E-state index in [-0.39, 0.29) is 29.7 Å². The summed E-state index contributed by atoms with van der Waals surface area (Å²) in [5.74, 6) is -0.559. The van der Waals surface area contributed by atoms with Gasteiger partial charge in [0.05, 0.1) is 4.92 Å². The zero-order valence-corrected chi connectivity index (χ0v) is 12.6. The molecule has 2 rings (SSSR count). The molecular formula is C13H19N5O4. The number of rotatable bonds is 4. The second-order valence-corrected chi connectivity index (χ2v) is 5.44. The van der Waals surface area contributed by atoms with Crippen molar-refractivity contribution in [1.29, 1.82) is 0 Å². The van der Waals surface area contributed by atoms with Gasteiger partial charge >= 0.3 is 11.7 Å². The number of carbonyl (C=O) groups excluding carboxylic acids is 2. The standard InChI is InChI=1S/C13H19N5O4/c1-8-12(18(21)22)9(2)17(16-8)7-11(19)15-13(20)14-10-5-3-4-6-10/h10H,3-7H2,1-2H3,(H2,14,15,19,20). The van der Waals surface area contributed by atoms with Gasteiger partial charge in [0.2, 0.25) is 5.91 Å². The van der Waals surface area contributed by atoms with Crippen molar-refractivity contribution in [1.82, 2.24) is 20.4 Å². The van der Waals surface area contributed by atoms with Gasteiger partial charge in [0.25, 0.3) is 0 Å². The van der Waals surface area contributed by atoms with Crippen LogP contribution in [0.25, 0.3) is 0 Å². The van der Waals surface area contributed by atoms with Gasteiger partial charge < -0.3 is 5.32 Å². The number of urea groups is 1. The molecule has 0 atom stereocenters. The molecule has 0 saturated heterocycles. The van der Waals surface area contributed by atoms with E-state index >= 15 is 0 Å². The van der Waals surface area contributed by atoms with Gasteiger partial charge in [-0.1, -0.05) is 12.8 Å². The van der Waals surface area contributed by atoms with Crippen molar-refractivity contribution in [3.05, 3.63) is 21.5 Å². The molecule has 1 aliphatic rings. The van der Waals surface area contributed by atoms with Crippen LogP contribution < -0.4 is 10.6 Å². The minimum absolute atomic E-state index is 0.108. The third-order valence-electron chi connectivity index (χ3n) is 3.76. The van der Waals surface area contributed by atoms with Gasteiger partial charge in [0.15, 0.2) is 0 Å². The molecule has 0 spiro atoms. The van der Waals surface area contributed by atoms with Crippen LogP contribution in [0.5, 0.6) is 0 Å². The Bertz CT molecular complexity index is 604. The fourth-order valence-electron chi connectivity index (χ4n) is 2.70. The number of amides is 3. The molecule has 120 valence electrons. The molecule has 0 radical (unpaired) electrons. The summed E-state index contributed by atoms with van der Waals surface area (Å²) < 4.78 is 1.23. The van der Waals surface area contributed by atoms with E-state index in [1.54, 1.807) is 0 Å². The maximum atomic E-state index is 11.8. The number of imide groups is 1. The molecule has 1 heterocycles. The molecule has 2 N–H and O–H groups in total. The molecular weight excluding hydrogens is 290 g/mol. The van der Waals surface area contributed by atoms with E-state index < -0.39 is 16.9 Å². The van der Waals surface area contributed by atoms with E-state index in [9.17, 15) is 19.7 Å². The van der Waals surface area contributed by atoms with Gasteiger partial charge in [-0.15, -0.1) is 0 Å². The largest absolute Gasteiger partial charge is 0.335 e. The average molecular weight is 309 g/mol. The van der Waals surface area contributed by atoms with E-state index in [4.69, 9.17) is 0 Å². The third kappa shape index (κ3) is 3.60. The first-order chi connectivity index (χ1) is 10.4. The van der Waals surface area contributed by atoms with E-state index in [1.807, 2.05) is 0 Å². The van der Waals surface area contributed by atoms with Crippen LogP contribution in [-0.2, 0) is 11.3 Å². The van der Waals surface area contributed by atoms with Gasteiger partial charge in [-0.25, -0.2) is 4.79 Å². The summed E-state index contributed by atoms with van der Waals surface area (Å²) >= 11 is 0. The van der Waals surface area contributed by atoms with Crippen LogP contribution in [0.2, 0.25) is 0 Å². The molecule has 1 saturated carbocycles. The van der Waals surface area contributed by atoms with Crippen molar-refractivity contribution in [2.45, 2.75) is 52.1 Å². The van der Waals surface area contributed by atoms with Crippen LogP contribution in [0.15, 0.2) is 0 Å². The first-order valence-corrected chi connectivity index (χ1v) is 7.17. The topological polar surface area (TPSA) is 119 Å². The zero-order valence-electron chi connectivity index (χ0n) is 12.6. The fourth-order valence-corrected chi connectivity index (χ4v) is 2.70. The van der Waals surface area contributed by atoms with E-state index in [0.29, 0.717) is 0 Å². The monoisotopic (exact) mass is 309 g/mol. The number of aryl methyl sites for hydroxylation is 1. The Balaban J connectivity index is 1.93. The Morgan fingerprint density at radius 3 is 2.55 bits per heavy atom. The predicted octanol–water partition coefficient (Wildman–Crippen LogP) is 1.18. The number of hydrogen-bond acceptors (Lipinski definition) is 5. The minimum atomic E-state index is -0.559. The van der Waals surface area contributed by atoms with Crippen molar-refractivity contribution < 1.29 is 14.5 Å². The lowest BCUT2D eigenvalue weighted by atomic mass is 10.2. The quantitative estimate of drug-likeness (QED) is 0.639. The summed E-state index contributed by atoms with van der Waals surface area (Å²) in [5, 5.41) is 19.8. The summed E-state index contributed by atoms with van der Waals surface area (Å²) in [4.78, 5) is 33.9. The highest BCUT2D eigenvalue weighted by atomic mass is 16.6. The average Bonchev–Trinajstić information content (AvgIpc) is 2.98. The Labute approximate surface area is 127 Å². The summed E-state index contributed by atoms with van der Waals surface area (Å²) in [7, 11) is 0. The van der Waals surface area contributed by atoms with Gasteiger partial charge in [-0.05, 0) is 26.7 Å². The van der Waals surface area contributed by atoms with Crippen molar-refractivity contribution in [2.75, 3.05) is 0 Å². The van der Waals surface area contributed by atoms with Crippen LogP contribution in [0.1, 0.15) is 37.1 Å². The molecule has 22 heavy (non-hydrogen) atoms. The fraction of sp³-hybridized carbons (Fsp3) is 0.615. The van der Waals surface area contributed by atoms with Crippen LogP contribution in [0.4, 0.5) is 10.5 Å². The van der Waals surface area contributed by atoms with Crippen molar-refractivity contribution >= 4 is 17.6 Å². The normalized spacial score (nSPS) is 14.8. The smallest absolute Gasteiger partial charge is 0.321 e. The molecule has 1 fully saturated rings. The zero-order chi connectivity index (χ0) is 16.3. The van der Waals surface area contributed by atoms with Gasteiger partial charge in [-0.2, -0.15) is 5.10 Å². The number of nitrogens with one attached hydrogen (secondary N) is 2. The number of nitrogens with zero attached hydrogens (tertiary/aromatic N) is 3. The molecule has 0 aromatic carbocycles. The number of carbonyl (C=O) groups is 2. The van der Waals surface area contributed by atoms with Crippen molar-refractivity contribution in [3.63, 3.8) is 0 Å². The first kappa shape index (κ1) is 15.9. The Morgan fingerprint density at radius 1 is 1.36 bits per heavy atom.